The summed E-state index contributed by atoms with van der Waals surface area (Å²) >= 11 is 0. The Kier molecular flexibility index (Phi) is 2.31. The van der Waals surface area contributed by atoms with Gasteiger partial charge in [-0.15, -0.1) is 6.58 Å². The summed E-state index contributed by atoms with van der Waals surface area (Å²) in [6, 6.07) is 0. The Morgan fingerprint density at radius 3 is 2.50 bits per heavy atom. The van der Waals surface area contributed by atoms with Crippen molar-refractivity contribution in [3.8, 4) is 0 Å². The molecule has 0 aromatic carbocycles. The summed E-state index contributed by atoms with van der Waals surface area (Å²) in [5.41, 5.74) is 0. The molecule has 0 spiro atoms. The number of hydrogen-bond donors (Lipinski definition) is 0. The molecule has 0 heterocycles. The van der Waals surface area contributed by atoms with Gasteiger partial charge in [0.25, 0.3) is 0 Å². The van der Waals surface area contributed by atoms with Gasteiger partial charge in [-0.1, -0.05) is 32.1 Å². The minimum atomic E-state index is 0.646. The van der Waals surface area contributed by atoms with Crippen molar-refractivity contribution in [3.63, 3.8) is 0 Å². The van der Waals surface area contributed by atoms with Crippen molar-refractivity contribution in [2.45, 2.75) is 20.3 Å². The summed E-state index contributed by atoms with van der Waals surface area (Å²) in [6.45, 7) is 8.34. The fourth-order valence-electron chi connectivity index (χ4n) is 1.43. The van der Waals surface area contributed by atoms with Crippen molar-refractivity contribution in [1.29, 1.82) is 0 Å². The molecular formula is C10H16. The van der Waals surface area contributed by atoms with Gasteiger partial charge < -0.3 is 0 Å². The van der Waals surface area contributed by atoms with E-state index >= 15 is 0 Å². The summed E-state index contributed by atoms with van der Waals surface area (Å²) < 4.78 is 0. The molecule has 0 aromatic rings. The fraction of sp³-hybridized carbons (Fsp3) is 0.600. The van der Waals surface area contributed by atoms with Crippen molar-refractivity contribution < 1.29 is 0 Å². The third-order valence-corrected chi connectivity index (χ3v) is 2.31. The number of rotatable bonds is 2. The lowest BCUT2D eigenvalue weighted by molar-refractivity contribution is 0.437. The van der Waals surface area contributed by atoms with E-state index in [1.807, 2.05) is 6.08 Å². The van der Waals surface area contributed by atoms with Crippen LogP contribution in [0.1, 0.15) is 20.3 Å². The van der Waals surface area contributed by atoms with Crippen LogP contribution in [0, 0.1) is 17.8 Å². The lowest BCUT2D eigenvalue weighted by Gasteiger charge is -2.12. The molecule has 0 fully saturated rings. The van der Waals surface area contributed by atoms with E-state index in [4.69, 9.17) is 0 Å². The molecule has 2 atom stereocenters. The summed E-state index contributed by atoms with van der Waals surface area (Å²) in [7, 11) is 0. The van der Waals surface area contributed by atoms with Gasteiger partial charge in [0, 0.05) is 0 Å². The van der Waals surface area contributed by atoms with Crippen LogP contribution in [-0.4, -0.2) is 0 Å². The molecule has 0 unspecified atom stereocenters. The Morgan fingerprint density at radius 2 is 2.20 bits per heavy atom. The molecule has 0 saturated heterocycles. The van der Waals surface area contributed by atoms with Gasteiger partial charge in [-0.25, -0.2) is 0 Å². The van der Waals surface area contributed by atoms with Gasteiger partial charge in [0.15, 0.2) is 0 Å². The molecule has 1 rings (SSSR count). The summed E-state index contributed by atoms with van der Waals surface area (Å²) in [6.07, 6.45) is 7.93. The predicted molar refractivity (Wildman–Crippen MR) is 45.8 cm³/mol. The fourth-order valence-corrected chi connectivity index (χ4v) is 1.43. The Balaban J connectivity index is 2.45. The lowest BCUT2D eigenvalue weighted by Crippen LogP contribution is -2.03. The molecular weight excluding hydrogens is 120 g/mol. The van der Waals surface area contributed by atoms with E-state index in [1.165, 1.54) is 6.42 Å². The van der Waals surface area contributed by atoms with E-state index < -0.39 is 0 Å². The maximum atomic E-state index is 3.79. The molecule has 0 amide bonds. The van der Waals surface area contributed by atoms with Crippen LogP contribution in [0.3, 0.4) is 0 Å². The second kappa shape index (κ2) is 3.05. The quantitative estimate of drug-likeness (QED) is 0.512. The van der Waals surface area contributed by atoms with Gasteiger partial charge in [0.1, 0.15) is 0 Å². The number of allylic oxidation sites excluding steroid dienone is 3. The van der Waals surface area contributed by atoms with Crippen LogP contribution in [0.15, 0.2) is 24.8 Å². The predicted octanol–water partition coefficient (Wildman–Crippen LogP) is 3.02. The summed E-state index contributed by atoms with van der Waals surface area (Å²) in [5, 5.41) is 0. The molecule has 0 bridgehead atoms. The maximum Gasteiger partial charge on any atom is -0.00504 e. The minimum absolute atomic E-state index is 0.646. The summed E-state index contributed by atoms with van der Waals surface area (Å²) in [5.74, 6) is 2.23. The number of hydrogen-bond acceptors (Lipinski definition) is 0. The molecule has 0 N–H and O–H groups in total. The largest absolute Gasteiger partial charge is 0.102 e. The molecule has 56 valence electrons. The second-order valence-corrected chi connectivity index (χ2v) is 3.43. The molecule has 1 aliphatic carbocycles. The molecule has 1 aliphatic rings. The van der Waals surface area contributed by atoms with Gasteiger partial charge in [-0.3, -0.25) is 0 Å². The zero-order chi connectivity index (χ0) is 7.56. The van der Waals surface area contributed by atoms with Crippen LogP contribution in [0.5, 0.6) is 0 Å². The monoisotopic (exact) mass is 136 g/mol. The topological polar surface area (TPSA) is 0 Å². The molecule has 0 aliphatic heterocycles. The smallest absolute Gasteiger partial charge is 0.00504 e. The van der Waals surface area contributed by atoms with Gasteiger partial charge >= 0.3 is 0 Å². The maximum absolute atomic E-state index is 3.79. The Hall–Kier alpha value is -0.520. The Morgan fingerprint density at radius 1 is 1.50 bits per heavy atom. The highest BCUT2D eigenvalue weighted by molar-refractivity contribution is 5.08. The van der Waals surface area contributed by atoms with Gasteiger partial charge in [0.2, 0.25) is 0 Å². The first kappa shape index (κ1) is 7.59. The highest BCUT2D eigenvalue weighted by atomic mass is 14.2. The molecule has 10 heavy (non-hydrogen) atoms. The van der Waals surface area contributed by atoms with Crippen molar-refractivity contribution in [3.05, 3.63) is 24.8 Å². The molecule has 0 radical (unpaired) electrons. The first-order valence-corrected chi connectivity index (χ1v) is 4.05. The molecule has 0 heteroatoms. The van der Waals surface area contributed by atoms with Crippen LogP contribution in [0.25, 0.3) is 0 Å². The van der Waals surface area contributed by atoms with Crippen LogP contribution in [0.4, 0.5) is 0 Å². The molecule has 0 nitrogen and oxygen atoms in total. The molecule has 0 saturated carbocycles. The van der Waals surface area contributed by atoms with Crippen molar-refractivity contribution in [2.24, 2.45) is 17.8 Å². The van der Waals surface area contributed by atoms with E-state index in [2.05, 4.69) is 32.6 Å². The third kappa shape index (κ3) is 1.50. The second-order valence-electron chi connectivity index (χ2n) is 3.43. The Bertz CT molecular complexity index is 142. The van der Waals surface area contributed by atoms with Crippen LogP contribution >= 0.6 is 0 Å². The SMILES string of the molecule is C=C[C@@H]1C=C[C@@H](C(C)C)C1. The van der Waals surface area contributed by atoms with E-state index in [1.54, 1.807) is 0 Å². The van der Waals surface area contributed by atoms with Crippen molar-refractivity contribution in [1.82, 2.24) is 0 Å². The standard InChI is InChI=1S/C10H16/c1-4-9-5-6-10(7-9)8(2)3/h4-6,8-10H,1,7H2,2-3H3/t9-,10-/m1/s1. The minimum Gasteiger partial charge on any atom is -0.102 e. The van der Waals surface area contributed by atoms with E-state index in [0.29, 0.717) is 5.92 Å². The van der Waals surface area contributed by atoms with Crippen LogP contribution in [0.2, 0.25) is 0 Å². The van der Waals surface area contributed by atoms with Gasteiger partial charge in [-0.05, 0) is 24.2 Å². The normalized spacial score (nSPS) is 31.5. The third-order valence-electron chi connectivity index (χ3n) is 2.31. The zero-order valence-electron chi connectivity index (χ0n) is 6.88. The van der Waals surface area contributed by atoms with Gasteiger partial charge in [-0.2, -0.15) is 0 Å². The van der Waals surface area contributed by atoms with Gasteiger partial charge in [0.05, 0.1) is 0 Å². The van der Waals surface area contributed by atoms with Crippen LogP contribution < -0.4 is 0 Å². The van der Waals surface area contributed by atoms with E-state index in [9.17, 15) is 0 Å². The first-order valence-electron chi connectivity index (χ1n) is 4.05. The Labute approximate surface area is 63.6 Å². The van der Waals surface area contributed by atoms with Crippen LogP contribution in [-0.2, 0) is 0 Å². The molecule has 0 aromatic heterocycles. The zero-order valence-corrected chi connectivity index (χ0v) is 6.88. The lowest BCUT2D eigenvalue weighted by atomic mass is 9.93. The van der Waals surface area contributed by atoms with E-state index in [-0.39, 0.29) is 0 Å². The average molecular weight is 136 g/mol. The highest BCUT2D eigenvalue weighted by Crippen LogP contribution is 2.29. The van der Waals surface area contributed by atoms with Crippen molar-refractivity contribution in [2.75, 3.05) is 0 Å². The highest BCUT2D eigenvalue weighted by Gasteiger charge is 2.18. The first-order chi connectivity index (χ1) is 4.74. The summed E-state index contributed by atoms with van der Waals surface area (Å²) in [4.78, 5) is 0. The van der Waals surface area contributed by atoms with Crippen molar-refractivity contribution >= 4 is 0 Å². The average Bonchev–Trinajstić information content (AvgIpc) is 2.34. The van der Waals surface area contributed by atoms with E-state index in [0.717, 1.165) is 11.8 Å².